The first-order chi connectivity index (χ1) is 8.67. The van der Waals surface area contributed by atoms with Gasteiger partial charge in [0.15, 0.2) is 0 Å². The quantitative estimate of drug-likeness (QED) is 0.883. The van der Waals surface area contributed by atoms with Crippen molar-refractivity contribution < 1.29 is 4.74 Å². The van der Waals surface area contributed by atoms with Gasteiger partial charge >= 0.3 is 0 Å². The number of nitrogens with two attached hydrogens (primary N) is 1. The van der Waals surface area contributed by atoms with Gasteiger partial charge in [-0.3, -0.25) is 0 Å². The van der Waals surface area contributed by atoms with Crippen molar-refractivity contribution in [2.75, 3.05) is 13.7 Å². The van der Waals surface area contributed by atoms with Gasteiger partial charge in [-0.2, -0.15) is 0 Å². The van der Waals surface area contributed by atoms with Gasteiger partial charge in [0, 0.05) is 5.92 Å². The third kappa shape index (κ3) is 2.54. The molecule has 18 heavy (non-hydrogen) atoms. The average Bonchev–Trinajstić information content (AvgIpc) is 2.83. The molecule has 0 spiro atoms. The highest BCUT2D eigenvalue weighted by atomic mass is 16.5. The lowest BCUT2D eigenvalue weighted by Gasteiger charge is -2.25. The van der Waals surface area contributed by atoms with Gasteiger partial charge in [0.05, 0.1) is 7.11 Å². The van der Waals surface area contributed by atoms with Crippen LogP contribution in [-0.4, -0.2) is 13.7 Å². The fourth-order valence-corrected chi connectivity index (χ4v) is 3.47. The summed E-state index contributed by atoms with van der Waals surface area (Å²) >= 11 is 0. The van der Waals surface area contributed by atoms with E-state index in [0.29, 0.717) is 5.92 Å². The van der Waals surface area contributed by atoms with E-state index in [1.54, 1.807) is 7.11 Å². The fraction of sp³-hybridized carbons (Fsp3) is 0.625. The Bertz CT molecular complexity index is 408. The van der Waals surface area contributed by atoms with Crippen molar-refractivity contribution in [2.45, 2.75) is 45.4 Å². The van der Waals surface area contributed by atoms with E-state index in [1.165, 1.54) is 42.4 Å². The molecule has 1 aromatic carbocycles. The maximum atomic E-state index is 6.05. The summed E-state index contributed by atoms with van der Waals surface area (Å²) in [5, 5.41) is 0. The smallest absolute Gasteiger partial charge is 0.125 e. The first kappa shape index (κ1) is 13.4. The SMILES string of the molecule is COc1c(C)cc(C)cc1C(CN)C1CCCC1. The Labute approximate surface area is 111 Å². The zero-order valence-corrected chi connectivity index (χ0v) is 11.8. The Balaban J connectivity index is 2.39. The molecule has 1 unspecified atom stereocenters. The van der Waals surface area contributed by atoms with Crippen molar-refractivity contribution in [3.05, 3.63) is 28.8 Å². The van der Waals surface area contributed by atoms with Crippen LogP contribution in [-0.2, 0) is 0 Å². The molecule has 0 bridgehead atoms. The topological polar surface area (TPSA) is 35.2 Å². The highest BCUT2D eigenvalue weighted by Crippen LogP contribution is 2.41. The molecule has 0 aromatic heterocycles. The van der Waals surface area contributed by atoms with Crippen LogP contribution in [0.3, 0.4) is 0 Å². The summed E-state index contributed by atoms with van der Waals surface area (Å²) in [7, 11) is 1.77. The lowest BCUT2D eigenvalue weighted by atomic mass is 9.83. The largest absolute Gasteiger partial charge is 0.496 e. The molecule has 2 N–H and O–H groups in total. The summed E-state index contributed by atoms with van der Waals surface area (Å²) in [5.41, 5.74) is 9.91. The fourth-order valence-electron chi connectivity index (χ4n) is 3.47. The van der Waals surface area contributed by atoms with Crippen molar-refractivity contribution >= 4 is 0 Å². The number of ether oxygens (including phenoxy) is 1. The van der Waals surface area contributed by atoms with Crippen LogP contribution in [0.1, 0.15) is 48.3 Å². The van der Waals surface area contributed by atoms with Crippen LogP contribution in [0, 0.1) is 19.8 Å². The summed E-state index contributed by atoms with van der Waals surface area (Å²) in [5.74, 6) is 2.24. The molecule has 100 valence electrons. The third-order valence-electron chi connectivity index (χ3n) is 4.27. The van der Waals surface area contributed by atoms with Crippen molar-refractivity contribution in [1.29, 1.82) is 0 Å². The van der Waals surface area contributed by atoms with Gasteiger partial charge in [-0.15, -0.1) is 0 Å². The van der Waals surface area contributed by atoms with Gasteiger partial charge in [0.1, 0.15) is 5.75 Å². The molecule has 0 saturated heterocycles. The molecule has 2 heteroatoms. The van der Waals surface area contributed by atoms with E-state index in [1.807, 2.05) is 0 Å². The van der Waals surface area contributed by atoms with Crippen molar-refractivity contribution in [1.82, 2.24) is 0 Å². The lowest BCUT2D eigenvalue weighted by Crippen LogP contribution is -2.21. The molecule has 2 nitrogen and oxygen atoms in total. The summed E-state index contributed by atoms with van der Waals surface area (Å²) in [6.45, 7) is 5.00. The lowest BCUT2D eigenvalue weighted by molar-refractivity contribution is 0.381. The highest BCUT2D eigenvalue weighted by Gasteiger charge is 2.28. The van der Waals surface area contributed by atoms with Crippen molar-refractivity contribution in [3.63, 3.8) is 0 Å². The molecule has 1 atom stereocenters. The molecule has 1 aliphatic rings. The minimum atomic E-state index is 0.459. The van der Waals surface area contributed by atoms with Crippen LogP contribution in [0.4, 0.5) is 0 Å². The van der Waals surface area contributed by atoms with Gasteiger partial charge in [-0.1, -0.05) is 30.5 Å². The second-order valence-corrected chi connectivity index (χ2v) is 5.59. The first-order valence-corrected chi connectivity index (χ1v) is 7.02. The van der Waals surface area contributed by atoms with E-state index in [4.69, 9.17) is 10.5 Å². The van der Waals surface area contributed by atoms with Gasteiger partial charge < -0.3 is 10.5 Å². The normalized spacial score (nSPS) is 18.0. The standard InChI is InChI=1S/C16H25NO/c1-11-8-12(2)16(18-3)14(9-11)15(10-17)13-6-4-5-7-13/h8-9,13,15H,4-7,10,17H2,1-3H3. The molecule has 1 aliphatic carbocycles. The Morgan fingerprint density at radius 3 is 2.50 bits per heavy atom. The van der Waals surface area contributed by atoms with Gasteiger partial charge in [-0.25, -0.2) is 0 Å². The number of benzene rings is 1. The second-order valence-electron chi connectivity index (χ2n) is 5.59. The number of hydrogen-bond acceptors (Lipinski definition) is 2. The number of methoxy groups -OCH3 is 1. The second kappa shape index (κ2) is 5.75. The minimum Gasteiger partial charge on any atom is -0.496 e. The van der Waals surface area contributed by atoms with E-state index in [9.17, 15) is 0 Å². The Morgan fingerprint density at radius 1 is 1.28 bits per heavy atom. The summed E-state index contributed by atoms with van der Waals surface area (Å²) < 4.78 is 5.62. The van der Waals surface area contributed by atoms with E-state index in [-0.39, 0.29) is 0 Å². The van der Waals surface area contributed by atoms with Gasteiger partial charge in [-0.05, 0) is 50.3 Å². The highest BCUT2D eigenvalue weighted by molar-refractivity contribution is 5.46. The first-order valence-electron chi connectivity index (χ1n) is 7.02. The summed E-state index contributed by atoms with van der Waals surface area (Å²) in [6.07, 6.45) is 5.35. The zero-order chi connectivity index (χ0) is 13.1. The maximum Gasteiger partial charge on any atom is 0.125 e. The zero-order valence-electron chi connectivity index (χ0n) is 11.8. The molecule has 1 aromatic rings. The third-order valence-corrected chi connectivity index (χ3v) is 4.27. The molecular weight excluding hydrogens is 222 g/mol. The number of aryl methyl sites for hydroxylation is 2. The predicted molar refractivity (Wildman–Crippen MR) is 76.2 cm³/mol. The van der Waals surface area contributed by atoms with Crippen molar-refractivity contribution in [2.24, 2.45) is 11.7 Å². The van der Waals surface area contributed by atoms with Crippen LogP contribution < -0.4 is 10.5 Å². The molecule has 1 fully saturated rings. The Kier molecular flexibility index (Phi) is 4.28. The van der Waals surface area contributed by atoms with Crippen molar-refractivity contribution in [3.8, 4) is 5.75 Å². The van der Waals surface area contributed by atoms with Crippen LogP contribution in [0.25, 0.3) is 0 Å². The number of rotatable bonds is 4. The van der Waals surface area contributed by atoms with Crippen LogP contribution in [0.5, 0.6) is 5.75 Å². The van der Waals surface area contributed by atoms with Crippen LogP contribution >= 0.6 is 0 Å². The average molecular weight is 247 g/mol. The summed E-state index contributed by atoms with van der Waals surface area (Å²) in [6, 6.07) is 4.45. The maximum absolute atomic E-state index is 6.05. The van der Waals surface area contributed by atoms with E-state index < -0.39 is 0 Å². The molecule has 0 aliphatic heterocycles. The molecule has 2 rings (SSSR count). The van der Waals surface area contributed by atoms with Crippen LogP contribution in [0.15, 0.2) is 12.1 Å². The van der Waals surface area contributed by atoms with Crippen LogP contribution in [0.2, 0.25) is 0 Å². The van der Waals surface area contributed by atoms with E-state index in [2.05, 4.69) is 26.0 Å². The van der Waals surface area contributed by atoms with E-state index >= 15 is 0 Å². The minimum absolute atomic E-state index is 0.459. The Morgan fingerprint density at radius 2 is 1.94 bits per heavy atom. The molecule has 0 radical (unpaired) electrons. The molecule has 0 amide bonds. The summed E-state index contributed by atoms with van der Waals surface area (Å²) in [4.78, 5) is 0. The van der Waals surface area contributed by atoms with E-state index in [0.717, 1.165) is 18.2 Å². The molecule has 1 saturated carbocycles. The predicted octanol–water partition coefficient (Wildman–Crippen LogP) is 3.54. The van der Waals surface area contributed by atoms with Gasteiger partial charge in [0.25, 0.3) is 0 Å². The molecule has 0 heterocycles. The monoisotopic (exact) mass is 247 g/mol. The van der Waals surface area contributed by atoms with Gasteiger partial charge in [0.2, 0.25) is 0 Å². The molecular formula is C16H25NO. The Hall–Kier alpha value is -1.02. The number of hydrogen-bond donors (Lipinski definition) is 1.